The van der Waals surface area contributed by atoms with Crippen LogP contribution in [0, 0.1) is 0 Å². The summed E-state index contributed by atoms with van der Waals surface area (Å²) in [5.41, 5.74) is 8.10. The highest BCUT2D eigenvalue weighted by atomic mass is 16.5. The Morgan fingerprint density at radius 1 is 1.04 bits per heavy atom. The predicted molar refractivity (Wildman–Crippen MR) is 94.4 cm³/mol. The van der Waals surface area contributed by atoms with Crippen LogP contribution in [-0.4, -0.2) is 33.4 Å². The van der Waals surface area contributed by atoms with Crippen LogP contribution in [0.4, 0.5) is 0 Å². The summed E-state index contributed by atoms with van der Waals surface area (Å²) >= 11 is 0. The third-order valence-corrected chi connectivity index (χ3v) is 3.66. The molecule has 2 heterocycles. The zero-order valence-electron chi connectivity index (χ0n) is 14.3. The summed E-state index contributed by atoms with van der Waals surface area (Å²) in [6.45, 7) is 4.99. The van der Waals surface area contributed by atoms with Crippen molar-refractivity contribution in [1.82, 2.24) is 20.2 Å². The molecule has 1 atom stereocenters. The first-order valence-corrected chi connectivity index (χ1v) is 8.20. The van der Waals surface area contributed by atoms with Gasteiger partial charge in [0.2, 0.25) is 0 Å². The molecule has 0 amide bonds. The summed E-state index contributed by atoms with van der Waals surface area (Å²) in [5.74, 6) is 2.55. The Hall–Kier alpha value is -2.93. The third kappa shape index (κ3) is 3.77. The van der Waals surface area contributed by atoms with E-state index in [-0.39, 0.29) is 0 Å². The van der Waals surface area contributed by atoms with Gasteiger partial charge in [-0.2, -0.15) is 5.10 Å². The standard InChI is InChI=1S/C18H21N5O2/c1-3-24-14-6-5-13(11-15(14)25-4-2)16(19)18-21-17(22-23-18)12-7-9-20-10-8-12/h5-11,16H,3-4,19H2,1-2H3,(H,21,22,23)/t16-/m0/s1. The lowest BCUT2D eigenvalue weighted by atomic mass is 10.1. The molecule has 0 radical (unpaired) electrons. The maximum Gasteiger partial charge on any atom is 0.181 e. The van der Waals surface area contributed by atoms with Crippen molar-refractivity contribution in [2.75, 3.05) is 13.2 Å². The fraction of sp³-hybridized carbons (Fsp3) is 0.278. The zero-order chi connectivity index (χ0) is 17.6. The molecule has 3 N–H and O–H groups in total. The number of nitrogens with one attached hydrogen (secondary N) is 1. The van der Waals surface area contributed by atoms with Crippen LogP contribution in [0.1, 0.15) is 31.3 Å². The van der Waals surface area contributed by atoms with E-state index in [9.17, 15) is 0 Å². The molecule has 0 aliphatic heterocycles. The largest absolute Gasteiger partial charge is 0.490 e. The van der Waals surface area contributed by atoms with E-state index in [1.54, 1.807) is 12.4 Å². The van der Waals surface area contributed by atoms with Crippen LogP contribution < -0.4 is 15.2 Å². The summed E-state index contributed by atoms with van der Waals surface area (Å²) in [6, 6.07) is 8.91. The maximum atomic E-state index is 6.35. The number of aromatic nitrogens is 4. The van der Waals surface area contributed by atoms with Gasteiger partial charge in [-0.25, -0.2) is 4.98 Å². The molecular weight excluding hydrogens is 318 g/mol. The Bertz CT molecular complexity index is 819. The molecule has 0 unspecified atom stereocenters. The van der Waals surface area contributed by atoms with Gasteiger partial charge in [-0.1, -0.05) is 6.07 Å². The Labute approximate surface area is 146 Å². The topological polar surface area (TPSA) is 98.9 Å². The van der Waals surface area contributed by atoms with Crippen LogP contribution in [-0.2, 0) is 0 Å². The van der Waals surface area contributed by atoms with Crippen LogP contribution in [0.25, 0.3) is 11.4 Å². The van der Waals surface area contributed by atoms with Crippen LogP contribution in [0.15, 0.2) is 42.7 Å². The number of ether oxygens (including phenoxy) is 2. The summed E-state index contributed by atoms with van der Waals surface area (Å²) in [6.07, 6.45) is 3.40. The van der Waals surface area contributed by atoms with E-state index in [0.29, 0.717) is 36.4 Å². The maximum absolute atomic E-state index is 6.35. The first-order valence-electron chi connectivity index (χ1n) is 8.20. The Balaban J connectivity index is 1.86. The molecule has 3 aromatic rings. The molecule has 25 heavy (non-hydrogen) atoms. The second-order valence-electron chi connectivity index (χ2n) is 5.33. The minimum atomic E-state index is -0.446. The number of hydrogen-bond acceptors (Lipinski definition) is 6. The SMILES string of the molecule is CCOc1ccc([C@H](N)c2nc(-c3ccncc3)n[nH]2)cc1OCC. The van der Waals surface area contributed by atoms with Crippen molar-refractivity contribution in [1.29, 1.82) is 0 Å². The van der Waals surface area contributed by atoms with Crippen molar-refractivity contribution in [3.63, 3.8) is 0 Å². The van der Waals surface area contributed by atoms with E-state index < -0.39 is 6.04 Å². The van der Waals surface area contributed by atoms with Crippen LogP contribution >= 0.6 is 0 Å². The lowest BCUT2D eigenvalue weighted by Gasteiger charge is -2.14. The van der Waals surface area contributed by atoms with Gasteiger partial charge in [-0.3, -0.25) is 10.1 Å². The van der Waals surface area contributed by atoms with Gasteiger partial charge in [0.05, 0.1) is 19.3 Å². The normalized spacial score (nSPS) is 12.0. The van der Waals surface area contributed by atoms with Crippen molar-refractivity contribution in [2.24, 2.45) is 5.73 Å². The van der Waals surface area contributed by atoms with Crippen LogP contribution in [0.2, 0.25) is 0 Å². The minimum absolute atomic E-state index is 0.446. The summed E-state index contributed by atoms with van der Waals surface area (Å²) in [4.78, 5) is 8.49. The smallest absolute Gasteiger partial charge is 0.181 e. The summed E-state index contributed by atoms with van der Waals surface area (Å²) < 4.78 is 11.2. The monoisotopic (exact) mass is 339 g/mol. The van der Waals surface area contributed by atoms with Crippen molar-refractivity contribution >= 4 is 0 Å². The summed E-state index contributed by atoms with van der Waals surface area (Å²) in [5, 5.41) is 7.15. The molecule has 0 saturated carbocycles. The second-order valence-corrected chi connectivity index (χ2v) is 5.33. The van der Waals surface area contributed by atoms with E-state index >= 15 is 0 Å². The third-order valence-electron chi connectivity index (χ3n) is 3.66. The first kappa shape index (κ1) is 16.9. The van der Waals surface area contributed by atoms with E-state index in [1.165, 1.54) is 0 Å². The molecular formula is C18H21N5O2. The molecule has 2 aromatic heterocycles. The average Bonchev–Trinajstić information content (AvgIpc) is 3.14. The van der Waals surface area contributed by atoms with E-state index in [4.69, 9.17) is 15.2 Å². The molecule has 0 fully saturated rings. The Morgan fingerprint density at radius 2 is 1.76 bits per heavy atom. The number of benzene rings is 1. The number of pyridine rings is 1. The number of nitrogens with two attached hydrogens (primary N) is 1. The lowest BCUT2D eigenvalue weighted by molar-refractivity contribution is 0.287. The molecule has 0 aliphatic rings. The highest BCUT2D eigenvalue weighted by Crippen LogP contribution is 2.31. The molecule has 0 bridgehead atoms. The molecule has 0 saturated heterocycles. The number of H-pyrrole nitrogens is 1. The van der Waals surface area contributed by atoms with Crippen LogP contribution in [0.5, 0.6) is 11.5 Å². The highest BCUT2D eigenvalue weighted by Gasteiger charge is 2.17. The Morgan fingerprint density at radius 3 is 2.48 bits per heavy atom. The van der Waals surface area contributed by atoms with Crippen molar-refractivity contribution in [2.45, 2.75) is 19.9 Å². The Kier molecular flexibility index (Phi) is 5.25. The van der Waals surface area contributed by atoms with Gasteiger partial charge in [-0.05, 0) is 43.7 Å². The lowest BCUT2D eigenvalue weighted by Crippen LogP contribution is -2.14. The molecule has 3 rings (SSSR count). The number of hydrogen-bond donors (Lipinski definition) is 2. The van der Waals surface area contributed by atoms with E-state index in [0.717, 1.165) is 11.1 Å². The summed E-state index contributed by atoms with van der Waals surface area (Å²) in [7, 11) is 0. The number of nitrogens with zero attached hydrogens (tertiary/aromatic N) is 3. The van der Waals surface area contributed by atoms with E-state index in [2.05, 4.69) is 20.2 Å². The highest BCUT2D eigenvalue weighted by molar-refractivity contribution is 5.53. The fourth-order valence-corrected chi connectivity index (χ4v) is 2.46. The molecule has 0 spiro atoms. The molecule has 7 heteroatoms. The molecule has 130 valence electrons. The molecule has 1 aromatic carbocycles. The van der Waals surface area contributed by atoms with Crippen molar-refractivity contribution < 1.29 is 9.47 Å². The van der Waals surface area contributed by atoms with Gasteiger partial charge in [0.1, 0.15) is 5.82 Å². The molecule has 7 nitrogen and oxygen atoms in total. The van der Waals surface area contributed by atoms with Crippen molar-refractivity contribution in [3.8, 4) is 22.9 Å². The quantitative estimate of drug-likeness (QED) is 0.686. The van der Waals surface area contributed by atoms with Gasteiger partial charge in [0.25, 0.3) is 0 Å². The zero-order valence-corrected chi connectivity index (χ0v) is 14.3. The molecule has 0 aliphatic carbocycles. The van der Waals surface area contributed by atoms with Gasteiger partial charge in [0.15, 0.2) is 17.3 Å². The first-order chi connectivity index (χ1) is 12.2. The number of aromatic amines is 1. The average molecular weight is 339 g/mol. The van der Waals surface area contributed by atoms with Crippen molar-refractivity contribution in [3.05, 3.63) is 54.1 Å². The predicted octanol–water partition coefficient (Wildman–Crippen LogP) is 2.71. The fourth-order valence-electron chi connectivity index (χ4n) is 2.46. The van der Waals surface area contributed by atoms with Gasteiger partial charge in [0, 0.05) is 18.0 Å². The van der Waals surface area contributed by atoms with Gasteiger partial charge < -0.3 is 15.2 Å². The van der Waals surface area contributed by atoms with Gasteiger partial charge in [-0.15, -0.1) is 0 Å². The minimum Gasteiger partial charge on any atom is -0.490 e. The second kappa shape index (κ2) is 7.76. The van der Waals surface area contributed by atoms with E-state index in [1.807, 2.05) is 44.2 Å². The number of rotatable bonds is 7. The van der Waals surface area contributed by atoms with Crippen LogP contribution in [0.3, 0.4) is 0 Å². The van der Waals surface area contributed by atoms with Gasteiger partial charge >= 0.3 is 0 Å².